The Kier molecular flexibility index (Phi) is 1.09. The van der Waals surface area contributed by atoms with Gasteiger partial charge in [0.1, 0.15) is 0 Å². The SMILES string of the molecule is [2H]C1(C)CC2CCC1(C)C2(C)C. The fourth-order valence-electron chi connectivity index (χ4n) is 3.31. The van der Waals surface area contributed by atoms with E-state index in [1.165, 1.54) is 12.8 Å². The van der Waals surface area contributed by atoms with Gasteiger partial charge in [0.2, 0.25) is 0 Å². The standard InChI is InChI=1S/C11H20/c1-8-7-9-5-6-11(8,4)10(9,2)3/h8-9H,5-7H2,1-4H3/i8D. The summed E-state index contributed by atoms with van der Waals surface area (Å²) in [5.41, 5.74) is 0.675. The van der Waals surface area contributed by atoms with E-state index in [9.17, 15) is 0 Å². The predicted octanol–water partition coefficient (Wildman–Crippen LogP) is 3.47. The lowest BCUT2D eigenvalue weighted by atomic mass is 9.67. The largest absolute Gasteiger partial charge is 0.0620 e. The maximum absolute atomic E-state index is 8.33. The van der Waals surface area contributed by atoms with Crippen molar-refractivity contribution in [2.45, 2.75) is 47.0 Å². The summed E-state index contributed by atoms with van der Waals surface area (Å²) >= 11 is 0. The monoisotopic (exact) mass is 153 g/mol. The summed E-state index contributed by atoms with van der Waals surface area (Å²) in [4.78, 5) is 0. The van der Waals surface area contributed by atoms with Crippen molar-refractivity contribution >= 4 is 0 Å². The van der Waals surface area contributed by atoms with Crippen LogP contribution in [-0.2, 0) is 0 Å². The first-order chi connectivity index (χ1) is 5.31. The van der Waals surface area contributed by atoms with Gasteiger partial charge >= 0.3 is 0 Å². The molecule has 0 heteroatoms. The van der Waals surface area contributed by atoms with E-state index in [4.69, 9.17) is 1.37 Å². The molecule has 0 aliphatic heterocycles. The van der Waals surface area contributed by atoms with E-state index in [1.807, 2.05) is 0 Å². The van der Waals surface area contributed by atoms with E-state index >= 15 is 0 Å². The van der Waals surface area contributed by atoms with Gasteiger partial charge in [0.25, 0.3) is 0 Å². The van der Waals surface area contributed by atoms with Crippen molar-refractivity contribution < 1.29 is 1.37 Å². The molecule has 0 heterocycles. The Labute approximate surface area is 71.8 Å². The summed E-state index contributed by atoms with van der Waals surface area (Å²) in [6.07, 6.45) is 3.75. The van der Waals surface area contributed by atoms with Gasteiger partial charge in [0, 0.05) is 1.37 Å². The molecule has 2 aliphatic carbocycles. The molecule has 0 nitrogen and oxygen atoms in total. The maximum atomic E-state index is 8.33. The first-order valence-corrected chi connectivity index (χ1v) is 4.81. The Morgan fingerprint density at radius 1 is 1.36 bits per heavy atom. The van der Waals surface area contributed by atoms with E-state index < -0.39 is 0 Å². The lowest BCUT2D eigenvalue weighted by molar-refractivity contribution is 0.112. The van der Waals surface area contributed by atoms with Crippen molar-refractivity contribution in [2.75, 3.05) is 0 Å². The van der Waals surface area contributed by atoms with Crippen LogP contribution in [0.1, 0.15) is 48.3 Å². The van der Waals surface area contributed by atoms with Gasteiger partial charge in [-0.1, -0.05) is 27.7 Å². The Morgan fingerprint density at radius 3 is 2.18 bits per heavy atom. The maximum Gasteiger partial charge on any atom is 0.0306 e. The number of hydrogen-bond donors (Lipinski definition) is 0. The summed E-state index contributed by atoms with van der Waals surface area (Å²) in [5, 5.41) is 0. The molecule has 3 unspecified atom stereocenters. The molecule has 2 bridgehead atoms. The van der Waals surface area contributed by atoms with Crippen LogP contribution in [0, 0.1) is 22.6 Å². The van der Waals surface area contributed by atoms with Gasteiger partial charge in [-0.2, -0.15) is 0 Å². The van der Waals surface area contributed by atoms with E-state index in [-0.39, 0.29) is 11.3 Å². The van der Waals surface area contributed by atoms with Crippen LogP contribution in [0.3, 0.4) is 0 Å². The average molecular weight is 153 g/mol. The summed E-state index contributed by atoms with van der Waals surface area (Å²) in [5.74, 6) is 0.643. The van der Waals surface area contributed by atoms with Gasteiger partial charge in [-0.25, -0.2) is 0 Å². The lowest BCUT2D eigenvalue weighted by Crippen LogP contribution is -2.30. The fraction of sp³-hybridized carbons (Fsp3) is 1.00. The highest BCUT2D eigenvalue weighted by Gasteiger charge is 2.59. The quantitative estimate of drug-likeness (QED) is 0.500. The van der Waals surface area contributed by atoms with Crippen LogP contribution in [0.5, 0.6) is 0 Å². The molecule has 64 valence electrons. The van der Waals surface area contributed by atoms with Crippen molar-refractivity contribution in [1.29, 1.82) is 0 Å². The third kappa shape index (κ3) is 0.666. The predicted molar refractivity (Wildman–Crippen MR) is 48.4 cm³/mol. The van der Waals surface area contributed by atoms with Crippen LogP contribution in [0.15, 0.2) is 0 Å². The highest BCUT2D eigenvalue weighted by atomic mass is 14.6. The van der Waals surface area contributed by atoms with E-state index in [0.29, 0.717) is 5.41 Å². The van der Waals surface area contributed by atoms with Crippen LogP contribution in [0.25, 0.3) is 0 Å². The molecular weight excluding hydrogens is 132 g/mol. The zero-order valence-electron chi connectivity index (χ0n) is 9.20. The smallest absolute Gasteiger partial charge is 0.0306 e. The molecule has 0 amide bonds. The lowest BCUT2D eigenvalue weighted by Gasteiger charge is -2.37. The van der Waals surface area contributed by atoms with Gasteiger partial charge in [0.15, 0.2) is 0 Å². The number of rotatable bonds is 0. The summed E-state index contributed by atoms with van der Waals surface area (Å²) in [6, 6.07) is 0. The van der Waals surface area contributed by atoms with Crippen molar-refractivity contribution in [3.05, 3.63) is 0 Å². The highest BCUT2D eigenvalue weighted by molar-refractivity contribution is 5.08. The second-order valence-corrected chi connectivity index (χ2v) is 5.27. The normalized spacial score (nSPS) is 61.5. The fourth-order valence-corrected chi connectivity index (χ4v) is 3.31. The first-order valence-electron chi connectivity index (χ1n) is 5.31. The Bertz CT molecular complexity index is 217. The second-order valence-electron chi connectivity index (χ2n) is 5.27. The van der Waals surface area contributed by atoms with Crippen molar-refractivity contribution in [2.24, 2.45) is 22.6 Å². The van der Waals surface area contributed by atoms with Crippen LogP contribution in [0.2, 0.25) is 0 Å². The van der Waals surface area contributed by atoms with E-state index in [0.717, 1.165) is 12.3 Å². The van der Waals surface area contributed by atoms with Crippen LogP contribution in [0.4, 0.5) is 0 Å². The molecular formula is C11H20. The topological polar surface area (TPSA) is 0 Å². The number of hydrogen-bond acceptors (Lipinski definition) is 0. The molecule has 0 aromatic rings. The minimum atomic E-state index is -0.167. The van der Waals surface area contributed by atoms with Gasteiger partial charge in [-0.3, -0.25) is 0 Å². The number of fused-ring (bicyclic) bond motifs is 2. The molecule has 11 heavy (non-hydrogen) atoms. The molecule has 0 radical (unpaired) electrons. The molecule has 0 spiro atoms. The highest BCUT2D eigenvalue weighted by Crippen LogP contribution is 2.67. The zero-order valence-corrected chi connectivity index (χ0v) is 8.20. The van der Waals surface area contributed by atoms with Gasteiger partial charge in [0.05, 0.1) is 0 Å². The Hall–Kier alpha value is 0. The second kappa shape index (κ2) is 1.84. The van der Waals surface area contributed by atoms with Crippen molar-refractivity contribution in [3.8, 4) is 0 Å². The molecule has 2 rings (SSSR count). The van der Waals surface area contributed by atoms with Crippen LogP contribution >= 0.6 is 0 Å². The van der Waals surface area contributed by atoms with Crippen LogP contribution in [-0.4, -0.2) is 0 Å². The van der Waals surface area contributed by atoms with Crippen molar-refractivity contribution in [3.63, 3.8) is 0 Å². The summed E-state index contributed by atoms with van der Waals surface area (Å²) in [6.45, 7) is 9.19. The molecule has 0 aromatic heterocycles. The first kappa shape index (κ1) is 6.51. The molecule has 3 atom stereocenters. The molecule has 0 N–H and O–H groups in total. The van der Waals surface area contributed by atoms with E-state index in [2.05, 4.69) is 27.7 Å². The van der Waals surface area contributed by atoms with Gasteiger partial charge < -0.3 is 0 Å². The minimum absolute atomic E-state index is 0.167. The van der Waals surface area contributed by atoms with E-state index in [1.54, 1.807) is 0 Å². The molecule has 0 saturated heterocycles. The van der Waals surface area contributed by atoms with Gasteiger partial charge in [-0.05, 0) is 41.9 Å². The summed E-state index contributed by atoms with van der Waals surface area (Å²) in [7, 11) is 0. The molecule has 2 fully saturated rings. The third-order valence-electron chi connectivity index (χ3n) is 4.93. The molecule has 2 saturated carbocycles. The molecule has 0 aromatic carbocycles. The average Bonchev–Trinajstić information content (AvgIpc) is 2.18. The summed E-state index contributed by atoms with van der Waals surface area (Å²) < 4.78 is 8.33. The Balaban J connectivity index is 2.47. The van der Waals surface area contributed by atoms with Gasteiger partial charge in [-0.15, -0.1) is 0 Å². The molecule has 2 aliphatic rings. The van der Waals surface area contributed by atoms with Crippen molar-refractivity contribution in [1.82, 2.24) is 0 Å². The minimum Gasteiger partial charge on any atom is -0.0620 e. The third-order valence-corrected chi connectivity index (χ3v) is 4.93. The zero-order chi connectivity index (χ0) is 9.20. The Morgan fingerprint density at radius 2 is 2.00 bits per heavy atom. The van der Waals surface area contributed by atoms with Crippen LogP contribution < -0.4 is 0 Å².